The van der Waals surface area contributed by atoms with Gasteiger partial charge in [0.2, 0.25) is 0 Å². The lowest BCUT2D eigenvalue weighted by Gasteiger charge is -2.19. The van der Waals surface area contributed by atoms with Crippen molar-refractivity contribution in [3.63, 3.8) is 0 Å². The van der Waals surface area contributed by atoms with Gasteiger partial charge in [-0.1, -0.05) is 36.7 Å². The molecule has 1 N–H and O–H groups in total. The Morgan fingerprint density at radius 2 is 1.81 bits per heavy atom. The first kappa shape index (κ1) is 15.9. The van der Waals surface area contributed by atoms with Crippen LogP contribution in [0, 0.1) is 11.6 Å². The molecule has 0 bridgehead atoms. The molecule has 1 atom stereocenters. The van der Waals surface area contributed by atoms with Gasteiger partial charge >= 0.3 is 0 Å². The van der Waals surface area contributed by atoms with E-state index in [2.05, 4.69) is 12.2 Å². The van der Waals surface area contributed by atoms with Crippen LogP contribution in [0.25, 0.3) is 0 Å². The smallest absolute Gasteiger partial charge is 0.142 e. The molecule has 2 aromatic rings. The monoisotopic (exact) mass is 309 g/mol. The highest BCUT2D eigenvalue weighted by Gasteiger charge is 2.13. The van der Waals surface area contributed by atoms with Gasteiger partial charge < -0.3 is 5.32 Å². The van der Waals surface area contributed by atoms with Crippen molar-refractivity contribution >= 4 is 11.6 Å². The molecule has 0 amide bonds. The molecule has 1 nitrogen and oxygen atoms in total. The third kappa shape index (κ3) is 4.51. The van der Waals surface area contributed by atoms with E-state index in [1.165, 1.54) is 18.2 Å². The summed E-state index contributed by atoms with van der Waals surface area (Å²) in [5.41, 5.74) is 1.84. The van der Waals surface area contributed by atoms with Gasteiger partial charge in [-0.05, 0) is 54.8 Å². The Morgan fingerprint density at radius 3 is 2.43 bits per heavy atom. The molecule has 0 radical (unpaired) electrons. The molecule has 0 aliphatic heterocycles. The summed E-state index contributed by atoms with van der Waals surface area (Å²) in [5.74, 6) is -0.673. The van der Waals surface area contributed by atoms with Gasteiger partial charge in [0.05, 0.1) is 5.02 Å². The summed E-state index contributed by atoms with van der Waals surface area (Å²) in [6.07, 6.45) is 1.62. The molecule has 0 aliphatic carbocycles. The molecule has 0 fully saturated rings. The number of halogens is 3. The molecule has 0 saturated heterocycles. The Bertz CT molecular complexity index is 584. The summed E-state index contributed by atoms with van der Waals surface area (Å²) in [4.78, 5) is 0. The van der Waals surface area contributed by atoms with Gasteiger partial charge in [0.25, 0.3) is 0 Å². The minimum absolute atomic E-state index is 0.0196. The van der Waals surface area contributed by atoms with Gasteiger partial charge in [-0.3, -0.25) is 0 Å². The standard InChI is InChI=1S/C17H18ClF2N/c1-2-9-21-17(13-4-6-14(19)7-5-13)11-12-3-8-15(18)16(20)10-12/h3-8,10,17,21H,2,9,11H2,1H3. The highest BCUT2D eigenvalue weighted by atomic mass is 35.5. The summed E-state index contributed by atoms with van der Waals surface area (Å²) in [7, 11) is 0. The van der Waals surface area contributed by atoms with Crippen molar-refractivity contribution in [1.29, 1.82) is 0 Å². The Kier molecular flexibility index (Phi) is 5.71. The Hall–Kier alpha value is -1.45. The van der Waals surface area contributed by atoms with Crippen molar-refractivity contribution in [1.82, 2.24) is 5.32 Å². The number of benzene rings is 2. The minimum Gasteiger partial charge on any atom is -0.310 e. The fourth-order valence-electron chi connectivity index (χ4n) is 2.22. The van der Waals surface area contributed by atoms with Crippen LogP contribution in [0.4, 0.5) is 8.78 Å². The van der Waals surface area contributed by atoms with Crippen LogP contribution in [-0.2, 0) is 6.42 Å². The highest BCUT2D eigenvalue weighted by Crippen LogP contribution is 2.22. The van der Waals surface area contributed by atoms with Crippen LogP contribution in [0.3, 0.4) is 0 Å². The second-order valence-electron chi connectivity index (χ2n) is 5.01. The number of rotatable bonds is 6. The molecule has 21 heavy (non-hydrogen) atoms. The Morgan fingerprint density at radius 1 is 1.10 bits per heavy atom. The third-order valence-corrected chi connectivity index (χ3v) is 3.64. The van der Waals surface area contributed by atoms with Crippen molar-refractivity contribution in [3.8, 4) is 0 Å². The van der Waals surface area contributed by atoms with Crippen molar-refractivity contribution in [2.45, 2.75) is 25.8 Å². The lowest BCUT2D eigenvalue weighted by molar-refractivity contribution is 0.525. The molecule has 0 heterocycles. The molecule has 2 rings (SSSR count). The van der Waals surface area contributed by atoms with E-state index in [4.69, 9.17) is 11.6 Å². The van der Waals surface area contributed by atoms with Gasteiger partial charge in [0.1, 0.15) is 11.6 Å². The van der Waals surface area contributed by atoms with Crippen LogP contribution in [0.15, 0.2) is 42.5 Å². The quantitative estimate of drug-likeness (QED) is 0.800. The summed E-state index contributed by atoms with van der Waals surface area (Å²) < 4.78 is 26.6. The summed E-state index contributed by atoms with van der Waals surface area (Å²) >= 11 is 5.70. The van der Waals surface area contributed by atoms with Gasteiger partial charge in [0, 0.05) is 6.04 Å². The first-order valence-corrected chi connectivity index (χ1v) is 7.40. The molecule has 0 saturated carbocycles. The van der Waals surface area contributed by atoms with Gasteiger partial charge in [-0.2, -0.15) is 0 Å². The minimum atomic E-state index is -0.414. The Labute approximate surface area is 128 Å². The molecule has 0 spiro atoms. The fourth-order valence-corrected chi connectivity index (χ4v) is 2.34. The normalized spacial score (nSPS) is 12.4. The molecule has 0 aliphatic rings. The molecule has 2 aromatic carbocycles. The first-order valence-electron chi connectivity index (χ1n) is 7.03. The van der Waals surface area contributed by atoms with E-state index >= 15 is 0 Å². The molecule has 112 valence electrons. The fraction of sp³-hybridized carbons (Fsp3) is 0.294. The molecular formula is C17H18ClF2N. The summed E-state index contributed by atoms with van der Waals surface area (Å²) in [6.45, 7) is 2.93. The molecule has 4 heteroatoms. The van der Waals surface area contributed by atoms with Gasteiger partial charge in [-0.25, -0.2) is 8.78 Å². The molecule has 1 unspecified atom stereocenters. The average molecular weight is 310 g/mol. The highest BCUT2D eigenvalue weighted by molar-refractivity contribution is 6.30. The van der Waals surface area contributed by atoms with E-state index in [0.29, 0.717) is 6.42 Å². The van der Waals surface area contributed by atoms with E-state index < -0.39 is 5.82 Å². The zero-order chi connectivity index (χ0) is 15.2. The van der Waals surface area contributed by atoms with Crippen LogP contribution in [0.2, 0.25) is 5.02 Å². The van der Waals surface area contributed by atoms with Crippen LogP contribution in [0.5, 0.6) is 0 Å². The predicted molar refractivity (Wildman–Crippen MR) is 82.5 cm³/mol. The van der Waals surface area contributed by atoms with E-state index in [1.54, 1.807) is 18.2 Å². The molecule has 0 aromatic heterocycles. The number of hydrogen-bond donors (Lipinski definition) is 1. The maximum absolute atomic E-state index is 13.5. The van der Waals surface area contributed by atoms with Crippen molar-refractivity contribution in [2.75, 3.05) is 6.54 Å². The number of hydrogen-bond acceptors (Lipinski definition) is 1. The summed E-state index contributed by atoms with van der Waals surface area (Å²) in [5, 5.41) is 3.53. The lowest BCUT2D eigenvalue weighted by Crippen LogP contribution is -2.24. The Balaban J connectivity index is 2.19. The SMILES string of the molecule is CCCNC(Cc1ccc(Cl)c(F)c1)c1ccc(F)cc1. The van der Waals surface area contributed by atoms with Crippen LogP contribution < -0.4 is 5.32 Å². The predicted octanol–water partition coefficient (Wildman–Crippen LogP) is 4.90. The maximum atomic E-state index is 13.5. The largest absolute Gasteiger partial charge is 0.310 e. The van der Waals surface area contributed by atoms with Crippen LogP contribution in [0.1, 0.15) is 30.5 Å². The lowest BCUT2D eigenvalue weighted by atomic mass is 9.98. The van der Waals surface area contributed by atoms with Gasteiger partial charge in [0.15, 0.2) is 0 Å². The van der Waals surface area contributed by atoms with Crippen molar-refractivity contribution in [3.05, 3.63) is 70.2 Å². The van der Waals surface area contributed by atoms with Gasteiger partial charge in [-0.15, -0.1) is 0 Å². The van der Waals surface area contributed by atoms with Crippen molar-refractivity contribution < 1.29 is 8.78 Å². The van der Waals surface area contributed by atoms with Crippen molar-refractivity contribution in [2.24, 2.45) is 0 Å². The van der Waals surface area contributed by atoms with Crippen LogP contribution in [-0.4, -0.2) is 6.54 Å². The van der Waals surface area contributed by atoms with E-state index in [1.807, 2.05) is 6.07 Å². The third-order valence-electron chi connectivity index (χ3n) is 3.34. The van der Waals surface area contributed by atoms with Crippen LogP contribution >= 0.6 is 11.6 Å². The van der Waals surface area contributed by atoms with E-state index in [0.717, 1.165) is 24.1 Å². The molecular weight excluding hydrogens is 292 g/mol. The zero-order valence-corrected chi connectivity index (χ0v) is 12.6. The van der Waals surface area contributed by atoms with E-state index in [-0.39, 0.29) is 16.9 Å². The van der Waals surface area contributed by atoms with E-state index in [9.17, 15) is 8.78 Å². The number of nitrogens with one attached hydrogen (secondary N) is 1. The zero-order valence-electron chi connectivity index (χ0n) is 11.9. The topological polar surface area (TPSA) is 12.0 Å². The second-order valence-corrected chi connectivity index (χ2v) is 5.42. The summed E-state index contributed by atoms with van der Waals surface area (Å²) in [6, 6.07) is 11.3. The first-order chi connectivity index (χ1) is 10.1. The second kappa shape index (κ2) is 7.53. The maximum Gasteiger partial charge on any atom is 0.142 e. The average Bonchev–Trinajstić information content (AvgIpc) is 2.48.